The van der Waals surface area contributed by atoms with Crippen molar-refractivity contribution in [3.05, 3.63) is 58.7 Å². The van der Waals surface area contributed by atoms with Crippen LogP contribution in [0.4, 0.5) is 4.39 Å². The molecule has 5 nitrogen and oxygen atoms in total. The molecule has 2 rings (SSSR count). The van der Waals surface area contributed by atoms with Gasteiger partial charge in [0.15, 0.2) is 6.17 Å². The van der Waals surface area contributed by atoms with Gasteiger partial charge in [0.25, 0.3) is 0 Å². The smallest absolute Gasteiger partial charge is 0.331 e. The van der Waals surface area contributed by atoms with E-state index in [1.54, 1.807) is 12.1 Å². The quantitative estimate of drug-likeness (QED) is 0.858. The lowest BCUT2D eigenvalue weighted by atomic mass is 10.1. The second-order valence-electron chi connectivity index (χ2n) is 4.05. The highest BCUT2D eigenvalue weighted by Gasteiger charge is 2.20. The van der Waals surface area contributed by atoms with E-state index >= 15 is 0 Å². The van der Waals surface area contributed by atoms with Gasteiger partial charge in [0.2, 0.25) is 11.7 Å². The first-order valence-corrected chi connectivity index (χ1v) is 5.98. The lowest BCUT2D eigenvalue weighted by Gasteiger charge is -2.03. The van der Waals surface area contributed by atoms with E-state index in [4.69, 9.17) is 21.2 Å². The van der Waals surface area contributed by atoms with E-state index in [9.17, 15) is 9.18 Å². The van der Waals surface area contributed by atoms with Gasteiger partial charge in [0.05, 0.1) is 6.42 Å². The van der Waals surface area contributed by atoms with Gasteiger partial charge in [-0.2, -0.15) is 4.98 Å². The largest absolute Gasteiger partial charge is 0.478 e. The first-order chi connectivity index (χ1) is 9.47. The van der Waals surface area contributed by atoms with E-state index in [0.29, 0.717) is 10.6 Å². The van der Waals surface area contributed by atoms with E-state index in [1.807, 2.05) is 0 Å². The van der Waals surface area contributed by atoms with E-state index in [0.717, 1.165) is 0 Å². The molecule has 0 fully saturated rings. The molecule has 1 heterocycles. The average molecular weight is 297 g/mol. The number of benzene rings is 1. The molecule has 1 atom stereocenters. The Hall–Kier alpha value is -2.21. The second kappa shape index (κ2) is 5.83. The highest BCUT2D eigenvalue weighted by Crippen LogP contribution is 2.25. The highest BCUT2D eigenvalue weighted by molar-refractivity contribution is 6.30. The maximum atomic E-state index is 14.1. The average Bonchev–Trinajstić information content (AvgIpc) is 2.87. The van der Waals surface area contributed by atoms with Crippen LogP contribution in [0.3, 0.4) is 0 Å². The zero-order chi connectivity index (χ0) is 14.7. The number of carboxylic acid groups (broad SMARTS) is 1. The van der Waals surface area contributed by atoms with Gasteiger partial charge in [-0.25, -0.2) is 9.18 Å². The molecule has 0 saturated heterocycles. The Bertz CT molecular complexity index is 639. The van der Waals surface area contributed by atoms with Crippen LogP contribution in [-0.4, -0.2) is 21.2 Å². The van der Waals surface area contributed by atoms with Crippen LogP contribution in [-0.2, 0) is 11.2 Å². The van der Waals surface area contributed by atoms with Crippen LogP contribution in [0.2, 0.25) is 5.02 Å². The Kier molecular flexibility index (Phi) is 4.14. The number of nitrogens with zero attached hydrogens (tertiary/aromatic N) is 2. The van der Waals surface area contributed by atoms with Crippen molar-refractivity contribution in [3.63, 3.8) is 0 Å². The van der Waals surface area contributed by atoms with Gasteiger partial charge in [0, 0.05) is 10.6 Å². The number of aliphatic carboxylic acids is 1. The monoisotopic (exact) mass is 296 g/mol. The zero-order valence-electron chi connectivity index (χ0n) is 10.2. The first kappa shape index (κ1) is 14.2. The summed E-state index contributed by atoms with van der Waals surface area (Å²) in [6, 6.07) is 6.13. The molecule has 2 aromatic rings. The van der Waals surface area contributed by atoms with Crippen molar-refractivity contribution in [2.75, 3.05) is 0 Å². The first-order valence-electron chi connectivity index (χ1n) is 5.60. The summed E-state index contributed by atoms with van der Waals surface area (Å²) in [4.78, 5) is 14.4. The SMILES string of the molecule is C=C(Cc1nc(C(F)c2ccc(Cl)cc2)no1)C(=O)O. The molecule has 1 unspecified atom stereocenters. The minimum atomic E-state index is -1.57. The number of carboxylic acids is 1. The number of aromatic nitrogens is 2. The lowest BCUT2D eigenvalue weighted by Crippen LogP contribution is -2.03. The summed E-state index contributed by atoms with van der Waals surface area (Å²) < 4.78 is 18.9. The van der Waals surface area contributed by atoms with Crippen LogP contribution in [0.15, 0.2) is 40.9 Å². The van der Waals surface area contributed by atoms with E-state index in [-0.39, 0.29) is 23.7 Å². The summed E-state index contributed by atoms with van der Waals surface area (Å²) in [5.41, 5.74) is 0.223. The normalized spacial score (nSPS) is 12.1. The van der Waals surface area contributed by atoms with Crippen molar-refractivity contribution >= 4 is 17.6 Å². The number of hydrogen-bond donors (Lipinski definition) is 1. The van der Waals surface area contributed by atoms with Gasteiger partial charge >= 0.3 is 5.97 Å². The molecule has 0 spiro atoms. The van der Waals surface area contributed by atoms with Crippen LogP contribution in [0.5, 0.6) is 0 Å². The van der Waals surface area contributed by atoms with Crippen molar-refractivity contribution in [1.29, 1.82) is 0 Å². The standard InChI is InChI=1S/C13H10ClFN2O3/c1-7(13(18)19)6-10-16-12(17-20-10)11(15)8-2-4-9(14)5-3-8/h2-5,11H,1,6H2,(H,18,19). The lowest BCUT2D eigenvalue weighted by molar-refractivity contribution is -0.132. The van der Waals surface area contributed by atoms with Gasteiger partial charge in [-0.05, 0) is 17.7 Å². The summed E-state index contributed by atoms with van der Waals surface area (Å²) in [6.07, 6.45) is -1.70. The molecule has 0 saturated carbocycles. The fourth-order valence-corrected chi connectivity index (χ4v) is 1.61. The maximum Gasteiger partial charge on any atom is 0.331 e. The summed E-state index contributed by atoms with van der Waals surface area (Å²) in [6.45, 7) is 3.34. The van der Waals surface area contributed by atoms with Crippen LogP contribution >= 0.6 is 11.6 Å². The van der Waals surface area contributed by atoms with Crippen molar-refractivity contribution in [2.24, 2.45) is 0 Å². The van der Waals surface area contributed by atoms with Gasteiger partial charge < -0.3 is 9.63 Å². The van der Waals surface area contributed by atoms with Gasteiger partial charge in [-0.3, -0.25) is 0 Å². The molecule has 1 aromatic heterocycles. The molecule has 0 amide bonds. The molecule has 0 aliphatic heterocycles. The Morgan fingerprint density at radius 2 is 2.10 bits per heavy atom. The van der Waals surface area contributed by atoms with Crippen LogP contribution in [0.25, 0.3) is 0 Å². The summed E-state index contributed by atoms with van der Waals surface area (Å²) in [7, 11) is 0. The Morgan fingerprint density at radius 1 is 1.45 bits per heavy atom. The van der Waals surface area contributed by atoms with Crippen LogP contribution in [0.1, 0.15) is 23.5 Å². The number of halogens is 2. The number of alkyl halides is 1. The van der Waals surface area contributed by atoms with E-state index < -0.39 is 12.1 Å². The van der Waals surface area contributed by atoms with Gasteiger partial charge in [-0.15, -0.1) is 0 Å². The van der Waals surface area contributed by atoms with E-state index in [2.05, 4.69) is 16.7 Å². The molecule has 0 aliphatic rings. The van der Waals surface area contributed by atoms with Crippen LogP contribution < -0.4 is 0 Å². The minimum absolute atomic E-state index is 0.00372. The summed E-state index contributed by atoms with van der Waals surface area (Å²) in [5, 5.41) is 12.7. The van der Waals surface area contributed by atoms with Crippen LogP contribution in [0, 0.1) is 0 Å². The van der Waals surface area contributed by atoms with Crippen molar-refractivity contribution in [1.82, 2.24) is 10.1 Å². The molecular weight excluding hydrogens is 287 g/mol. The molecule has 1 N–H and O–H groups in total. The third kappa shape index (κ3) is 3.21. The molecule has 0 aliphatic carbocycles. The minimum Gasteiger partial charge on any atom is -0.478 e. The summed E-state index contributed by atoms with van der Waals surface area (Å²) in [5.74, 6) is -1.33. The zero-order valence-corrected chi connectivity index (χ0v) is 11.0. The highest BCUT2D eigenvalue weighted by atomic mass is 35.5. The molecular formula is C13H10ClFN2O3. The Morgan fingerprint density at radius 3 is 2.70 bits per heavy atom. The topological polar surface area (TPSA) is 76.2 Å². The number of carbonyl (C=O) groups is 1. The van der Waals surface area contributed by atoms with Crippen molar-refractivity contribution in [3.8, 4) is 0 Å². The molecule has 104 valence electrons. The predicted molar refractivity (Wildman–Crippen MR) is 69.2 cm³/mol. The molecule has 0 bridgehead atoms. The van der Waals surface area contributed by atoms with Gasteiger partial charge in [0.1, 0.15) is 0 Å². The third-order valence-corrected chi connectivity index (χ3v) is 2.79. The number of rotatable bonds is 5. The summed E-state index contributed by atoms with van der Waals surface area (Å²) >= 11 is 5.72. The fraction of sp³-hybridized carbons (Fsp3) is 0.154. The van der Waals surface area contributed by atoms with E-state index in [1.165, 1.54) is 12.1 Å². The molecule has 7 heteroatoms. The Balaban J connectivity index is 2.14. The van der Waals surface area contributed by atoms with Gasteiger partial charge in [-0.1, -0.05) is 35.5 Å². The maximum absolute atomic E-state index is 14.1. The molecule has 20 heavy (non-hydrogen) atoms. The second-order valence-corrected chi connectivity index (χ2v) is 4.48. The Labute approximate surface area is 118 Å². The number of hydrogen-bond acceptors (Lipinski definition) is 4. The van der Waals surface area contributed by atoms with Crippen molar-refractivity contribution in [2.45, 2.75) is 12.6 Å². The molecule has 1 aromatic carbocycles. The molecule has 0 radical (unpaired) electrons. The fourth-order valence-electron chi connectivity index (χ4n) is 1.48. The third-order valence-electron chi connectivity index (χ3n) is 2.54. The predicted octanol–water partition coefficient (Wildman–Crippen LogP) is 2.97. The van der Waals surface area contributed by atoms with Crippen molar-refractivity contribution < 1.29 is 18.8 Å².